The zero-order chi connectivity index (χ0) is 15.2. The molecule has 1 aliphatic heterocycles. The summed E-state index contributed by atoms with van der Waals surface area (Å²) in [6.07, 6.45) is -0.0748. The van der Waals surface area contributed by atoms with E-state index in [0.717, 1.165) is 5.56 Å². The normalized spacial score (nSPS) is 26.7. The standard InChI is InChI=1S/C15H15ClFNO3/c16-10-3-1-9(2-4-10)15(5-6-15)14(21)18-8-11(17)7-12(18)13(19)20/h1-4,11-12H,5-8H2,(H,19,20). The molecular weight excluding hydrogens is 297 g/mol. The minimum Gasteiger partial charge on any atom is -0.480 e. The van der Waals surface area contributed by atoms with Gasteiger partial charge in [0.1, 0.15) is 12.2 Å². The summed E-state index contributed by atoms with van der Waals surface area (Å²) in [6, 6.07) is 5.93. The molecule has 4 nitrogen and oxygen atoms in total. The number of halogens is 2. The Balaban J connectivity index is 1.87. The summed E-state index contributed by atoms with van der Waals surface area (Å²) in [5.74, 6) is -1.42. The minimum absolute atomic E-state index is 0.127. The van der Waals surface area contributed by atoms with Crippen molar-refractivity contribution in [3.8, 4) is 0 Å². The van der Waals surface area contributed by atoms with Gasteiger partial charge >= 0.3 is 5.97 Å². The maximum atomic E-state index is 13.5. The highest BCUT2D eigenvalue weighted by Crippen LogP contribution is 2.50. The third-order valence-electron chi connectivity index (χ3n) is 4.35. The van der Waals surface area contributed by atoms with Gasteiger partial charge < -0.3 is 10.0 Å². The van der Waals surface area contributed by atoms with Gasteiger partial charge in [0.15, 0.2) is 0 Å². The van der Waals surface area contributed by atoms with Crippen LogP contribution in [0, 0.1) is 0 Å². The molecule has 1 N–H and O–H groups in total. The molecule has 2 aliphatic rings. The van der Waals surface area contributed by atoms with E-state index in [0.29, 0.717) is 17.9 Å². The first kappa shape index (κ1) is 14.3. The lowest BCUT2D eigenvalue weighted by molar-refractivity contribution is -0.149. The largest absolute Gasteiger partial charge is 0.480 e. The number of benzene rings is 1. The molecule has 1 aromatic carbocycles. The van der Waals surface area contributed by atoms with Crippen molar-refractivity contribution in [2.45, 2.75) is 36.9 Å². The van der Waals surface area contributed by atoms with Crippen LogP contribution in [0.5, 0.6) is 0 Å². The lowest BCUT2D eigenvalue weighted by Gasteiger charge is -2.26. The molecule has 0 aromatic heterocycles. The molecule has 2 fully saturated rings. The summed E-state index contributed by atoms with van der Waals surface area (Å²) in [6.45, 7) is -0.134. The number of hydrogen-bond donors (Lipinski definition) is 1. The van der Waals surface area contributed by atoms with Gasteiger partial charge in [-0.3, -0.25) is 4.79 Å². The van der Waals surface area contributed by atoms with Crippen LogP contribution in [-0.2, 0) is 15.0 Å². The van der Waals surface area contributed by atoms with E-state index >= 15 is 0 Å². The molecule has 1 aromatic rings. The van der Waals surface area contributed by atoms with E-state index in [1.54, 1.807) is 24.3 Å². The van der Waals surface area contributed by atoms with Crippen LogP contribution < -0.4 is 0 Å². The number of amides is 1. The van der Waals surface area contributed by atoms with E-state index in [4.69, 9.17) is 16.7 Å². The number of carbonyl (C=O) groups is 2. The van der Waals surface area contributed by atoms with Crippen molar-refractivity contribution in [2.75, 3.05) is 6.54 Å². The van der Waals surface area contributed by atoms with E-state index in [1.165, 1.54) is 4.90 Å². The minimum atomic E-state index is -1.27. The average molecular weight is 312 g/mol. The molecule has 3 rings (SSSR count). The van der Waals surface area contributed by atoms with Gasteiger partial charge in [0.2, 0.25) is 5.91 Å². The summed E-state index contributed by atoms with van der Waals surface area (Å²) in [5.41, 5.74) is 0.130. The van der Waals surface area contributed by atoms with Crippen molar-refractivity contribution >= 4 is 23.5 Å². The molecule has 1 heterocycles. The number of likely N-dealkylation sites (tertiary alicyclic amines) is 1. The van der Waals surface area contributed by atoms with Gasteiger partial charge in [0.05, 0.1) is 12.0 Å². The summed E-state index contributed by atoms with van der Waals surface area (Å²) in [4.78, 5) is 25.1. The number of nitrogens with zero attached hydrogens (tertiary/aromatic N) is 1. The third-order valence-corrected chi connectivity index (χ3v) is 4.60. The van der Waals surface area contributed by atoms with Crippen molar-refractivity contribution in [2.24, 2.45) is 0 Å². The number of hydrogen-bond acceptors (Lipinski definition) is 2. The Morgan fingerprint density at radius 1 is 1.29 bits per heavy atom. The van der Waals surface area contributed by atoms with Crippen LogP contribution in [0.4, 0.5) is 4.39 Å². The Bertz CT molecular complexity index is 585. The van der Waals surface area contributed by atoms with E-state index in [9.17, 15) is 14.0 Å². The zero-order valence-electron chi connectivity index (χ0n) is 11.3. The third kappa shape index (κ3) is 2.39. The first-order valence-corrected chi connectivity index (χ1v) is 7.26. The number of alkyl halides is 1. The van der Waals surface area contributed by atoms with Gasteiger partial charge in [0, 0.05) is 11.4 Å². The molecule has 1 amide bonds. The highest BCUT2D eigenvalue weighted by atomic mass is 35.5. The Morgan fingerprint density at radius 3 is 2.43 bits per heavy atom. The van der Waals surface area contributed by atoms with Crippen LogP contribution in [0.25, 0.3) is 0 Å². The predicted octanol–water partition coefficient (Wildman–Crippen LogP) is 2.40. The van der Waals surface area contributed by atoms with Crippen molar-refractivity contribution in [1.29, 1.82) is 0 Å². The van der Waals surface area contributed by atoms with Crippen LogP contribution >= 0.6 is 11.6 Å². The van der Waals surface area contributed by atoms with Crippen molar-refractivity contribution in [3.05, 3.63) is 34.9 Å². The quantitative estimate of drug-likeness (QED) is 0.932. The summed E-state index contributed by atoms with van der Waals surface area (Å²) >= 11 is 5.85. The SMILES string of the molecule is O=C(O)C1CC(F)CN1C(=O)C1(c2ccc(Cl)cc2)CC1. The molecule has 2 unspecified atom stereocenters. The summed E-state index contributed by atoms with van der Waals surface area (Å²) < 4.78 is 13.5. The number of carboxylic acid groups (broad SMARTS) is 1. The van der Waals surface area contributed by atoms with Crippen molar-refractivity contribution in [1.82, 2.24) is 4.90 Å². The maximum absolute atomic E-state index is 13.5. The second-order valence-electron chi connectivity index (χ2n) is 5.73. The highest BCUT2D eigenvalue weighted by molar-refractivity contribution is 6.30. The van der Waals surface area contributed by atoms with Crippen LogP contribution in [-0.4, -0.2) is 40.6 Å². The molecule has 21 heavy (non-hydrogen) atoms. The fourth-order valence-electron chi connectivity index (χ4n) is 3.04. The van der Waals surface area contributed by atoms with Gasteiger partial charge in [-0.25, -0.2) is 9.18 Å². The average Bonchev–Trinajstić information content (AvgIpc) is 3.15. The van der Waals surface area contributed by atoms with E-state index < -0.39 is 23.6 Å². The summed E-state index contributed by atoms with van der Waals surface area (Å²) in [7, 11) is 0. The van der Waals surface area contributed by atoms with Gasteiger partial charge in [-0.2, -0.15) is 0 Å². The van der Waals surface area contributed by atoms with Gasteiger partial charge in [-0.1, -0.05) is 23.7 Å². The highest BCUT2D eigenvalue weighted by Gasteiger charge is 2.56. The number of rotatable bonds is 3. The molecule has 1 saturated carbocycles. The van der Waals surface area contributed by atoms with Crippen molar-refractivity contribution in [3.63, 3.8) is 0 Å². The lowest BCUT2D eigenvalue weighted by Crippen LogP contribution is -2.45. The lowest BCUT2D eigenvalue weighted by atomic mass is 9.94. The molecule has 2 atom stereocenters. The fraction of sp³-hybridized carbons (Fsp3) is 0.467. The van der Waals surface area contributed by atoms with E-state index in [-0.39, 0.29) is 18.9 Å². The van der Waals surface area contributed by atoms with E-state index in [2.05, 4.69) is 0 Å². The van der Waals surface area contributed by atoms with Gasteiger partial charge in [-0.15, -0.1) is 0 Å². The van der Waals surface area contributed by atoms with Crippen LogP contribution in [0.2, 0.25) is 5.02 Å². The number of carbonyl (C=O) groups excluding carboxylic acids is 1. The molecule has 112 valence electrons. The molecule has 1 saturated heterocycles. The second kappa shape index (κ2) is 4.98. The predicted molar refractivity (Wildman–Crippen MR) is 75.0 cm³/mol. The van der Waals surface area contributed by atoms with E-state index in [1.807, 2.05) is 0 Å². The first-order chi connectivity index (χ1) is 9.94. The Kier molecular flexibility index (Phi) is 3.40. The molecule has 0 radical (unpaired) electrons. The molecular formula is C15H15ClFNO3. The first-order valence-electron chi connectivity index (χ1n) is 6.88. The molecule has 1 aliphatic carbocycles. The van der Waals surface area contributed by atoms with Crippen LogP contribution in [0.1, 0.15) is 24.8 Å². The van der Waals surface area contributed by atoms with Crippen LogP contribution in [0.3, 0.4) is 0 Å². The Hall–Kier alpha value is -1.62. The number of carboxylic acids is 1. The van der Waals surface area contributed by atoms with Crippen molar-refractivity contribution < 1.29 is 19.1 Å². The van der Waals surface area contributed by atoms with Gasteiger partial charge in [-0.05, 0) is 30.5 Å². The fourth-order valence-corrected chi connectivity index (χ4v) is 3.16. The van der Waals surface area contributed by atoms with Gasteiger partial charge in [0.25, 0.3) is 0 Å². The van der Waals surface area contributed by atoms with Crippen LogP contribution in [0.15, 0.2) is 24.3 Å². The molecule has 0 spiro atoms. The zero-order valence-corrected chi connectivity index (χ0v) is 12.0. The number of aliphatic carboxylic acids is 1. The molecule has 6 heteroatoms. The Labute approximate surface area is 126 Å². The topological polar surface area (TPSA) is 57.6 Å². The molecule has 0 bridgehead atoms. The maximum Gasteiger partial charge on any atom is 0.326 e. The summed E-state index contributed by atoms with van der Waals surface area (Å²) in [5, 5.41) is 9.74. The second-order valence-corrected chi connectivity index (χ2v) is 6.17. The smallest absolute Gasteiger partial charge is 0.326 e. The Morgan fingerprint density at radius 2 is 1.90 bits per heavy atom. The monoisotopic (exact) mass is 311 g/mol.